The van der Waals surface area contributed by atoms with Crippen LogP contribution in [0.4, 0.5) is 18.9 Å². The zero-order chi connectivity index (χ0) is 18.6. The van der Waals surface area contributed by atoms with E-state index in [1.807, 2.05) is 18.7 Å². The molecule has 8 heteroatoms. The van der Waals surface area contributed by atoms with Crippen LogP contribution in [0.3, 0.4) is 0 Å². The predicted octanol–water partition coefficient (Wildman–Crippen LogP) is 3.56. The maximum absolute atomic E-state index is 13.7. The molecule has 0 spiro atoms. The van der Waals surface area contributed by atoms with Crippen molar-refractivity contribution in [2.75, 3.05) is 18.4 Å². The fourth-order valence-electron chi connectivity index (χ4n) is 2.50. The Balaban J connectivity index is 2.06. The zero-order valence-corrected chi connectivity index (χ0v) is 14.3. The van der Waals surface area contributed by atoms with Crippen LogP contribution in [0.2, 0.25) is 0 Å². The van der Waals surface area contributed by atoms with Crippen molar-refractivity contribution in [3.8, 4) is 0 Å². The van der Waals surface area contributed by atoms with Crippen LogP contribution >= 0.6 is 0 Å². The summed E-state index contributed by atoms with van der Waals surface area (Å²) < 4.78 is 44.9. The molecule has 1 N–H and O–H groups in total. The molecule has 0 aliphatic heterocycles. The number of hydrogen-bond acceptors (Lipinski definition) is 4. The minimum atomic E-state index is -1.61. The molecule has 0 atom stereocenters. The van der Waals surface area contributed by atoms with Gasteiger partial charge in [-0.15, -0.1) is 0 Å². The molecular formula is C17H20F3N3O2. The Morgan fingerprint density at radius 3 is 2.56 bits per heavy atom. The van der Waals surface area contributed by atoms with Gasteiger partial charge >= 0.3 is 0 Å². The third-order valence-electron chi connectivity index (χ3n) is 3.78. The average molecular weight is 355 g/mol. The Kier molecular flexibility index (Phi) is 6.19. The van der Waals surface area contributed by atoms with Crippen molar-refractivity contribution in [3.05, 3.63) is 46.6 Å². The number of carbonyl (C=O) groups excluding carboxylic acids is 1. The summed E-state index contributed by atoms with van der Waals surface area (Å²) in [5, 5.41) is 6.15. The molecular weight excluding hydrogens is 335 g/mol. The SMILES string of the molecule is CCCN(CC(=O)Nc1ccc(F)c(F)c1F)Cc1c(C)noc1C. The van der Waals surface area contributed by atoms with Crippen LogP contribution in [-0.2, 0) is 11.3 Å². The molecule has 0 fully saturated rings. The van der Waals surface area contributed by atoms with Crippen molar-refractivity contribution in [2.24, 2.45) is 0 Å². The lowest BCUT2D eigenvalue weighted by Gasteiger charge is -2.21. The van der Waals surface area contributed by atoms with E-state index in [0.29, 0.717) is 18.8 Å². The minimum Gasteiger partial charge on any atom is -0.361 e. The van der Waals surface area contributed by atoms with Crippen LogP contribution in [0.5, 0.6) is 0 Å². The van der Waals surface area contributed by atoms with Gasteiger partial charge in [0.15, 0.2) is 17.5 Å². The molecule has 0 saturated carbocycles. The molecule has 1 aromatic carbocycles. The van der Waals surface area contributed by atoms with Crippen LogP contribution in [0.1, 0.15) is 30.4 Å². The van der Waals surface area contributed by atoms with E-state index < -0.39 is 29.0 Å². The zero-order valence-electron chi connectivity index (χ0n) is 14.3. The molecule has 5 nitrogen and oxygen atoms in total. The number of carbonyl (C=O) groups is 1. The highest BCUT2D eigenvalue weighted by Crippen LogP contribution is 2.20. The van der Waals surface area contributed by atoms with Crippen LogP contribution < -0.4 is 5.32 Å². The molecule has 2 aromatic rings. The summed E-state index contributed by atoms with van der Waals surface area (Å²) >= 11 is 0. The average Bonchev–Trinajstić information content (AvgIpc) is 2.87. The highest BCUT2D eigenvalue weighted by atomic mass is 19.2. The number of aromatic nitrogens is 1. The molecule has 0 unspecified atom stereocenters. The molecule has 2 rings (SSSR count). The van der Waals surface area contributed by atoms with Crippen LogP contribution in [0.25, 0.3) is 0 Å². The number of anilines is 1. The normalized spacial score (nSPS) is 11.2. The number of rotatable bonds is 7. The van der Waals surface area contributed by atoms with Gasteiger partial charge < -0.3 is 9.84 Å². The smallest absolute Gasteiger partial charge is 0.238 e. The van der Waals surface area contributed by atoms with Crippen molar-refractivity contribution in [1.82, 2.24) is 10.1 Å². The van der Waals surface area contributed by atoms with Crippen LogP contribution in [0.15, 0.2) is 16.7 Å². The highest BCUT2D eigenvalue weighted by molar-refractivity contribution is 5.92. The van der Waals surface area contributed by atoms with Gasteiger partial charge in [0, 0.05) is 12.1 Å². The third kappa shape index (κ3) is 4.60. The van der Waals surface area contributed by atoms with Crippen LogP contribution in [-0.4, -0.2) is 29.1 Å². The molecule has 0 bridgehead atoms. The van der Waals surface area contributed by atoms with Gasteiger partial charge in [0.2, 0.25) is 5.91 Å². The third-order valence-corrected chi connectivity index (χ3v) is 3.78. The van der Waals surface area contributed by atoms with E-state index in [1.54, 1.807) is 6.92 Å². The van der Waals surface area contributed by atoms with Gasteiger partial charge in [0.05, 0.1) is 17.9 Å². The topological polar surface area (TPSA) is 58.4 Å². The molecule has 1 aromatic heterocycles. The molecule has 25 heavy (non-hydrogen) atoms. The van der Waals surface area contributed by atoms with Crippen molar-refractivity contribution < 1.29 is 22.5 Å². The van der Waals surface area contributed by atoms with Crippen molar-refractivity contribution >= 4 is 11.6 Å². The summed E-state index contributed by atoms with van der Waals surface area (Å²) in [5.74, 6) is -4.18. The van der Waals surface area contributed by atoms with Gasteiger partial charge in [0.1, 0.15) is 5.76 Å². The molecule has 1 heterocycles. The molecule has 0 radical (unpaired) electrons. The first-order chi connectivity index (χ1) is 11.8. The van der Waals surface area contributed by atoms with E-state index >= 15 is 0 Å². The Morgan fingerprint density at radius 2 is 1.96 bits per heavy atom. The van der Waals surface area contributed by atoms with Crippen molar-refractivity contribution in [2.45, 2.75) is 33.7 Å². The second kappa shape index (κ2) is 8.15. The minimum absolute atomic E-state index is 0.0314. The fraction of sp³-hybridized carbons (Fsp3) is 0.412. The Hall–Kier alpha value is -2.35. The van der Waals surface area contributed by atoms with E-state index in [9.17, 15) is 18.0 Å². The number of nitrogens with zero attached hydrogens (tertiary/aromatic N) is 2. The number of hydrogen-bond donors (Lipinski definition) is 1. The summed E-state index contributed by atoms with van der Waals surface area (Å²) in [5.41, 5.74) is 1.24. The van der Waals surface area contributed by atoms with Gasteiger partial charge in [-0.2, -0.15) is 0 Å². The maximum Gasteiger partial charge on any atom is 0.238 e. The second-order valence-electron chi connectivity index (χ2n) is 5.78. The molecule has 136 valence electrons. The number of nitrogens with one attached hydrogen (secondary N) is 1. The molecule has 0 aliphatic carbocycles. The Bertz CT molecular complexity index is 742. The first-order valence-corrected chi connectivity index (χ1v) is 7.90. The maximum atomic E-state index is 13.7. The first-order valence-electron chi connectivity index (χ1n) is 7.90. The molecule has 1 amide bonds. The lowest BCUT2D eigenvalue weighted by molar-refractivity contribution is -0.117. The Labute approximate surface area is 143 Å². The number of halogens is 3. The summed E-state index contributed by atoms with van der Waals surface area (Å²) in [6, 6.07) is 1.76. The van der Waals surface area contributed by atoms with Gasteiger partial charge in [-0.3, -0.25) is 9.69 Å². The van der Waals surface area contributed by atoms with E-state index in [1.165, 1.54) is 0 Å². The summed E-state index contributed by atoms with van der Waals surface area (Å²) in [7, 11) is 0. The van der Waals surface area contributed by atoms with E-state index in [4.69, 9.17) is 4.52 Å². The van der Waals surface area contributed by atoms with E-state index in [2.05, 4.69) is 10.5 Å². The largest absolute Gasteiger partial charge is 0.361 e. The van der Waals surface area contributed by atoms with E-state index in [-0.39, 0.29) is 6.54 Å². The van der Waals surface area contributed by atoms with Gasteiger partial charge in [0.25, 0.3) is 0 Å². The van der Waals surface area contributed by atoms with E-state index in [0.717, 1.165) is 29.8 Å². The lowest BCUT2D eigenvalue weighted by Crippen LogP contribution is -2.34. The fourth-order valence-corrected chi connectivity index (χ4v) is 2.50. The predicted molar refractivity (Wildman–Crippen MR) is 86.5 cm³/mol. The number of aryl methyl sites for hydroxylation is 2. The number of benzene rings is 1. The Morgan fingerprint density at radius 1 is 1.24 bits per heavy atom. The summed E-state index contributed by atoms with van der Waals surface area (Å²) in [6.07, 6.45) is 0.802. The molecule has 0 aliphatic rings. The van der Waals surface area contributed by atoms with Crippen molar-refractivity contribution in [3.63, 3.8) is 0 Å². The number of amides is 1. The monoisotopic (exact) mass is 355 g/mol. The molecule has 0 saturated heterocycles. The standard InChI is InChI=1S/C17H20F3N3O2/c1-4-7-23(8-12-10(2)22-25-11(12)3)9-15(24)21-14-6-5-13(18)16(19)17(14)20/h5-6H,4,7-9H2,1-3H3,(H,21,24). The highest BCUT2D eigenvalue weighted by Gasteiger charge is 2.19. The van der Waals surface area contributed by atoms with Gasteiger partial charge in [-0.25, -0.2) is 13.2 Å². The van der Waals surface area contributed by atoms with Crippen LogP contribution in [0, 0.1) is 31.3 Å². The first kappa shape index (κ1) is 19.0. The van der Waals surface area contributed by atoms with Gasteiger partial charge in [-0.1, -0.05) is 12.1 Å². The quantitative estimate of drug-likeness (QED) is 0.772. The summed E-state index contributed by atoms with van der Waals surface area (Å²) in [6.45, 7) is 6.60. The lowest BCUT2D eigenvalue weighted by atomic mass is 10.2. The van der Waals surface area contributed by atoms with Gasteiger partial charge in [-0.05, 0) is 38.9 Å². The van der Waals surface area contributed by atoms with Crippen molar-refractivity contribution in [1.29, 1.82) is 0 Å². The summed E-state index contributed by atoms with van der Waals surface area (Å²) in [4.78, 5) is 14.0. The second-order valence-corrected chi connectivity index (χ2v) is 5.78.